The van der Waals surface area contributed by atoms with Crippen LogP contribution in [0.1, 0.15) is 26.2 Å². The molecule has 0 amide bonds. The highest BCUT2D eigenvalue weighted by molar-refractivity contribution is 14.1. The quantitative estimate of drug-likeness (QED) is 0.548. The summed E-state index contributed by atoms with van der Waals surface area (Å²) in [5.74, 6) is 0. The van der Waals surface area contributed by atoms with E-state index < -0.39 is 0 Å². The Balaban J connectivity index is 2.68. The third-order valence-electron chi connectivity index (χ3n) is 0.776. The Morgan fingerprint density at radius 1 is 1.71 bits per heavy atom. The molecule has 0 aliphatic carbocycles. The van der Waals surface area contributed by atoms with Crippen molar-refractivity contribution >= 4 is 38.5 Å². The molecule has 0 radical (unpaired) electrons. The fourth-order valence-electron chi connectivity index (χ4n) is 0.358. The van der Waals surface area contributed by atoms with E-state index in [-0.39, 0.29) is 0 Å². The fraction of sp³-hybridized carbons (Fsp3) is 1.00. The first-order valence-corrected chi connectivity index (χ1v) is 4.71. The van der Waals surface area contributed by atoms with Crippen LogP contribution in [-0.4, -0.2) is 2.83 Å². The highest BCUT2D eigenvalue weighted by Gasteiger charge is 1.92. The van der Waals surface area contributed by atoms with E-state index in [1.165, 1.54) is 19.3 Å². The summed E-state index contributed by atoms with van der Waals surface area (Å²) in [5, 5.41) is 0. The molecule has 1 unspecified atom stereocenters. The molecule has 0 aliphatic rings. The molecule has 0 aromatic carbocycles. The van der Waals surface area contributed by atoms with Crippen molar-refractivity contribution in [2.45, 2.75) is 29.0 Å². The molecule has 44 valence electrons. The van der Waals surface area contributed by atoms with Crippen LogP contribution in [0.25, 0.3) is 0 Å². The molecule has 0 N–H and O–H groups in total. The lowest BCUT2D eigenvalue weighted by molar-refractivity contribution is 0.774. The van der Waals surface area contributed by atoms with Gasteiger partial charge in [-0.2, -0.15) is 0 Å². The van der Waals surface area contributed by atoms with E-state index in [9.17, 15) is 0 Å². The third-order valence-corrected chi connectivity index (χ3v) is 1.86. The van der Waals surface area contributed by atoms with Gasteiger partial charge in [0.25, 0.3) is 0 Å². The lowest BCUT2D eigenvalue weighted by atomic mass is 10.3. The molecular formula is C5H10BrI. The number of rotatable bonds is 3. The largest absolute Gasteiger partial charge is 0.0775 e. The molecule has 0 aromatic rings. The second kappa shape index (κ2) is 5.35. The van der Waals surface area contributed by atoms with Gasteiger partial charge in [0.2, 0.25) is 0 Å². The molecule has 0 spiro atoms. The van der Waals surface area contributed by atoms with Gasteiger partial charge < -0.3 is 0 Å². The third kappa shape index (κ3) is 7.21. The van der Waals surface area contributed by atoms with Crippen LogP contribution in [0.15, 0.2) is 0 Å². The monoisotopic (exact) mass is 276 g/mol. The van der Waals surface area contributed by atoms with E-state index in [0.29, 0.717) is 2.83 Å². The second-order valence-corrected chi connectivity index (χ2v) is 5.85. The lowest BCUT2D eigenvalue weighted by Crippen LogP contribution is -1.81. The first-order chi connectivity index (χ1) is 3.27. The molecule has 7 heavy (non-hydrogen) atoms. The van der Waals surface area contributed by atoms with Crippen LogP contribution in [0.2, 0.25) is 0 Å². The Bertz CT molecular complexity index is 37.1. The van der Waals surface area contributed by atoms with Crippen LogP contribution in [0.3, 0.4) is 0 Å². The molecule has 2 heteroatoms. The molecule has 0 aromatic heterocycles. The summed E-state index contributed by atoms with van der Waals surface area (Å²) in [6.07, 6.45) is 3.96. The normalized spacial score (nSPS) is 14.1. The Morgan fingerprint density at radius 3 is 2.43 bits per heavy atom. The summed E-state index contributed by atoms with van der Waals surface area (Å²) in [5.41, 5.74) is 0. The van der Waals surface area contributed by atoms with Crippen molar-refractivity contribution in [3.05, 3.63) is 0 Å². The van der Waals surface area contributed by atoms with E-state index in [2.05, 4.69) is 45.4 Å². The van der Waals surface area contributed by atoms with Crippen LogP contribution in [0, 0.1) is 0 Å². The molecule has 0 saturated carbocycles. The Hall–Kier alpha value is 1.21. The van der Waals surface area contributed by atoms with Crippen LogP contribution < -0.4 is 0 Å². The zero-order valence-corrected chi connectivity index (χ0v) is 8.20. The minimum Gasteiger partial charge on any atom is -0.0775 e. The lowest BCUT2D eigenvalue weighted by Gasteiger charge is -1.95. The molecule has 0 saturated heterocycles. The fourth-order valence-corrected chi connectivity index (χ4v) is 1.12. The van der Waals surface area contributed by atoms with Gasteiger partial charge in [0.1, 0.15) is 0 Å². The van der Waals surface area contributed by atoms with E-state index in [0.717, 1.165) is 0 Å². The number of hydrogen-bond acceptors (Lipinski definition) is 0. The Labute approximate surface area is 67.3 Å². The maximum Gasteiger partial charge on any atom is 0.0662 e. The van der Waals surface area contributed by atoms with Gasteiger partial charge in [0.15, 0.2) is 0 Å². The SMILES string of the molecule is CCCCC(Br)I. The highest BCUT2D eigenvalue weighted by atomic mass is 127. The summed E-state index contributed by atoms with van der Waals surface area (Å²) < 4.78 is 0.685. The van der Waals surface area contributed by atoms with Crippen molar-refractivity contribution in [3.8, 4) is 0 Å². The topological polar surface area (TPSA) is 0 Å². The molecular weight excluding hydrogens is 267 g/mol. The van der Waals surface area contributed by atoms with Crippen LogP contribution in [0.5, 0.6) is 0 Å². The van der Waals surface area contributed by atoms with Crippen molar-refractivity contribution < 1.29 is 0 Å². The van der Waals surface area contributed by atoms with Crippen molar-refractivity contribution in [2.75, 3.05) is 0 Å². The van der Waals surface area contributed by atoms with Gasteiger partial charge in [0, 0.05) is 0 Å². The first kappa shape index (κ1) is 8.21. The predicted octanol–water partition coefficient (Wildman–Crippen LogP) is 3.33. The standard InChI is InChI=1S/C5H10BrI/c1-2-3-4-5(6)7/h5H,2-4H2,1H3. The first-order valence-electron chi connectivity index (χ1n) is 2.55. The Morgan fingerprint density at radius 2 is 2.29 bits per heavy atom. The van der Waals surface area contributed by atoms with E-state index in [4.69, 9.17) is 0 Å². The van der Waals surface area contributed by atoms with Gasteiger partial charge in [-0.1, -0.05) is 58.3 Å². The maximum absolute atomic E-state index is 3.46. The second-order valence-electron chi connectivity index (χ2n) is 1.53. The highest BCUT2D eigenvalue weighted by Crippen LogP contribution is 2.15. The summed E-state index contributed by atoms with van der Waals surface area (Å²) in [4.78, 5) is 0. The number of hydrogen-bond donors (Lipinski definition) is 0. The molecule has 0 heterocycles. The number of unbranched alkanes of at least 4 members (excludes halogenated alkanes) is 1. The summed E-state index contributed by atoms with van der Waals surface area (Å²) in [7, 11) is 0. The van der Waals surface area contributed by atoms with Crippen molar-refractivity contribution in [1.29, 1.82) is 0 Å². The zero-order chi connectivity index (χ0) is 5.70. The van der Waals surface area contributed by atoms with E-state index in [1.54, 1.807) is 0 Å². The average molecular weight is 277 g/mol. The molecule has 0 rings (SSSR count). The van der Waals surface area contributed by atoms with Gasteiger partial charge in [-0.25, -0.2) is 0 Å². The predicted molar refractivity (Wildman–Crippen MR) is 46.3 cm³/mol. The van der Waals surface area contributed by atoms with E-state index >= 15 is 0 Å². The Kier molecular flexibility index (Phi) is 6.27. The summed E-state index contributed by atoms with van der Waals surface area (Å²) in [6, 6.07) is 0. The van der Waals surface area contributed by atoms with Crippen LogP contribution >= 0.6 is 38.5 Å². The van der Waals surface area contributed by atoms with Gasteiger partial charge in [-0.15, -0.1) is 0 Å². The van der Waals surface area contributed by atoms with Crippen molar-refractivity contribution in [2.24, 2.45) is 0 Å². The molecule has 0 fully saturated rings. The van der Waals surface area contributed by atoms with Crippen molar-refractivity contribution in [1.82, 2.24) is 0 Å². The maximum atomic E-state index is 3.46. The number of halogens is 2. The minimum atomic E-state index is 0.685. The summed E-state index contributed by atoms with van der Waals surface area (Å²) in [6.45, 7) is 2.21. The smallest absolute Gasteiger partial charge is 0.0662 e. The number of alkyl halides is 2. The molecule has 0 nitrogen and oxygen atoms in total. The van der Waals surface area contributed by atoms with Crippen LogP contribution in [-0.2, 0) is 0 Å². The van der Waals surface area contributed by atoms with E-state index in [1.807, 2.05) is 0 Å². The molecule has 0 bridgehead atoms. The molecule has 1 atom stereocenters. The average Bonchev–Trinajstić information content (AvgIpc) is 1.61. The summed E-state index contributed by atoms with van der Waals surface area (Å²) >= 11 is 5.84. The van der Waals surface area contributed by atoms with Crippen molar-refractivity contribution in [3.63, 3.8) is 0 Å². The van der Waals surface area contributed by atoms with Crippen LogP contribution in [0.4, 0.5) is 0 Å². The van der Waals surface area contributed by atoms with Gasteiger partial charge in [-0.3, -0.25) is 0 Å². The van der Waals surface area contributed by atoms with Gasteiger partial charge >= 0.3 is 0 Å². The molecule has 0 aliphatic heterocycles. The minimum absolute atomic E-state index is 0.685. The van der Waals surface area contributed by atoms with Gasteiger partial charge in [0.05, 0.1) is 2.83 Å². The van der Waals surface area contributed by atoms with Gasteiger partial charge in [-0.05, 0) is 6.42 Å². The zero-order valence-electron chi connectivity index (χ0n) is 4.45.